The lowest BCUT2D eigenvalue weighted by Crippen LogP contribution is -2.43. The Morgan fingerprint density at radius 3 is 2.91 bits per heavy atom. The molecule has 2 aromatic heterocycles. The van der Waals surface area contributed by atoms with Gasteiger partial charge in [0.15, 0.2) is 0 Å². The van der Waals surface area contributed by atoms with Gasteiger partial charge < -0.3 is 15.2 Å². The topological polar surface area (TPSA) is 116 Å². The van der Waals surface area contributed by atoms with E-state index in [0.29, 0.717) is 31.3 Å². The van der Waals surface area contributed by atoms with Crippen molar-refractivity contribution in [2.45, 2.75) is 18.7 Å². The van der Waals surface area contributed by atoms with Crippen LogP contribution in [0.2, 0.25) is 0 Å². The van der Waals surface area contributed by atoms with Crippen LogP contribution in [0.15, 0.2) is 24.7 Å². The average Bonchev–Trinajstić information content (AvgIpc) is 3.19. The second-order valence-electron chi connectivity index (χ2n) is 5.39. The normalized spacial score (nSPS) is 21.3. The Labute approximate surface area is 132 Å². The summed E-state index contributed by atoms with van der Waals surface area (Å²) in [6, 6.07) is 1.58. The lowest BCUT2D eigenvalue weighted by atomic mass is 10.2. The highest BCUT2D eigenvalue weighted by Gasteiger charge is 2.32. The fourth-order valence-corrected chi connectivity index (χ4v) is 2.55. The number of rotatable bonds is 5. The summed E-state index contributed by atoms with van der Waals surface area (Å²) < 4.78 is 4.92. The number of likely N-dealkylation sites (tertiary alicyclic amines) is 1. The van der Waals surface area contributed by atoms with Crippen molar-refractivity contribution in [1.82, 2.24) is 30.4 Å². The van der Waals surface area contributed by atoms with Gasteiger partial charge in [-0.25, -0.2) is 9.97 Å². The van der Waals surface area contributed by atoms with Crippen molar-refractivity contribution in [2.75, 3.05) is 20.2 Å². The van der Waals surface area contributed by atoms with Gasteiger partial charge in [0.25, 0.3) is 5.91 Å². The SMILES string of the molecule is COc1ncc(CN2C[C@@H](O)[C@H](NC(=O)c3ccn[nH]3)C2)cn1. The third-order valence-corrected chi connectivity index (χ3v) is 3.70. The number of aromatic nitrogens is 4. The van der Waals surface area contributed by atoms with Gasteiger partial charge in [-0.1, -0.05) is 0 Å². The number of aromatic amines is 1. The Kier molecular flexibility index (Phi) is 4.49. The van der Waals surface area contributed by atoms with Gasteiger partial charge in [-0.15, -0.1) is 0 Å². The lowest BCUT2D eigenvalue weighted by Gasteiger charge is -2.16. The summed E-state index contributed by atoms with van der Waals surface area (Å²) in [5.41, 5.74) is 1.29. The molecule has 2 atom stereocenters. The monoisotopic (exact) mass is 318 g/mol. The Hall–Kier alpha value is -2.52. The summed E-state index contributed by atoms with van der Waals surface area (Å²) in [5.74, 6) is -0.277. The van der Waals surface area contributed by atoms with Crippen LogP contribution in [0, 0.1) is 0 Å². The largest absolute Gasteiger partial charge is 0.467 e. The molecule has 0 aromatic carbocycles. The van der Waals surface area contributed by atoms with Crippen LogP contribution in [-0.4, -0.2) is 68.4 Å². The highest BCUT2D eigenvalue weighted by atomic mass is 16.5. The van der Waals surface area contributed by atoms with Crippen LogP contribution in [0.5, 0.6) is 6.01 Å². The molecule has 1 saturated heterocycles. The van der Waals surface area contributed by atoms with Crippen molar-refractivity contribution in [1.29, 1.82) is 0 Å². The van der Waals surface area contributed by atoms with E-state index in [2.05, 4.69) is 25.5 Å². The van der Waals surface area contributed by atoms with Gasteiger partial charge in [-0.3, -0.25) is 14.8 Å². The molecule has 1 aliphatic heterocycles. The van der Waals surface area contributed by atoms with Crippen molar-refractivity contribution in [3.8, 4) is 6.01 Å². The van der Waals surface area contributed by atoms with Crippen molar-refractivity contribution >= 4 is 5.91 Å². The van der Waals surface area contributed by atoms with E-state index in [4.69, 9.17) is 4.74 Å². The van der Waals surface area contributed by atoms with E-state index in [1.165, 1.54) is 13.3 Å². The van der Waals surface area contributed by atoms with E-state index in [0.717, 1.165) is 5.56 Å². The Bertz CT molecular complexity index is 645. The van der Waals surface area contributed by atoms with E-state index < -0.39 is 6.10 Å². The molecule has 0 aliphatic carbocycles. The molecule has 9 heteroatoms. The van der Waals surface area contributed by atoms with Gasteiger partial charge in [0.05, 0.1) is 19.3 Å². The van der Waals surface area contributed by atoms with E-state index in [9.17, 15) is 9.90 Å². The molecule has 0 radical (unpaired) electrons. The van der Waals surface area contributed by atoms with Crippen LogP contribution in [0.3, 0.4) is 0 Å². The molecule has 23 heavy (non-hydrogen) atoms. The first-order valence-corrected chi connectivity index (χ1v) is 7.21. The maximum absolute atomic E-state index is 12.0. The Morgan fingerprint density at radius 1 is 1.48 bits per heavy atom. The number of nitrogens with one attached hydrogen (secondary N) is 2. The molecule has 0 bridgehead atoms. The molecule has 1 amide bonds. The van der Waals surface area contributed by atoms with Crippen LogP contribution in [0.1, 0.15) is 16.1 Å². The molecule has 1 aliphatic rings. The number of ether oxygens (including phenoxy) is 1. The number of hydrogen-bond donors (Lipinski definition) is 3. The van der Waals surface area contributed by atoms with E-state index >= 15 is 0 Å². The Balaban J connectivity index is 1.56. The smallest absolute Gasteiger partial charge is 0.316 e. The molecule has 0 spiro atoms. The molecular formula is C14H18N6O3. The lowest BCUT2D eigenvalue weighted by molar-refractivity contribution is 0.0883. The molecule has 2 aromatic rings. The fourth-order valence-electron chi connectivity index (χ4n) is 2.55. The third kappa shape index (κ3) is 3.63. The zero-order chi connectivity index (χ0) is 16.2. The predicted molar refractivity (Wildman–Crippen MR) is 79.7 cm³/mol. The number of β-amino-alcohol motifs (C(OH)–C–C–N with tert-alkyl or cyclic N) is 1. The number of carbonyl (C=O) groups is 1. The zero-order valence-corrected chi connectivity index (χ0v) is 12.6. The number of methoxy groups -OCH3 is 1. The molecule has 9 nitrogen and oxygen atoms in total. The van der Waals surface area contributed by atoms with Crippen LogP contribution < -0.4 is 10.1 Å². The molecule has 3 N–H and O–H groups in total. The standard InChI is InChI=1S/C14H18N6O3/c1-23-14-15-4-9(5-16-14)6-20-7-11(12(21)8-20)18-13(22)10-2-3-17-19-10/h2-5,11-12,21H,6-8H2,1H3,(H,17,19)(H,18,22)/t11-,12-/m1/s1. The summed E-state index contributed by atoms with van der Waals surface area (Å²) in [6.07, 6.45) is 4.26. The number of amides is 1. The predicted octanol–water partition coefficient (Wildman–Crippen LogP) is -0.817. The van der Waals surface area contributed by atoms with Gasteiger partial charge in [-0.05, 0) is 6.07 Å². The third-order valence-electron chi connectivity index (χ3n) is 3.70. The number of nitrogens with zero attached hydrogens (tertiary/aromatic N) is 4. The number of hydrogen-bond acceptors (Lipinski definition) is 7. The summed E-state index contributed by atoms with van der Waals surface area (Å²) in [6.45, 7) is 1.62. The zero-order valence-electron chi connectivity index (χ0n) is 12.6. The second-order valence-corrected chi connectivity index (χ2v) is 5.39. The highest BCUT2D eigenvalue weighted by Crippen LogP contribution is 2.14. The van der Waals surface area contributed by atoms with E-state index in [-0.39, 0.29) is 11.9 Å². The van der Waals surface area contributed by atoms with Crippen LogP contribution >= 0.6 is 0 Å². The minimum Gasteiger partial charge on any atom is -0.467 e. The van der Waals surface area contributed by atoms with Gasteiger partial charge in [0.1, 0.15) is 5.69 Å². The first-order chi connectivity index (χ1) is 11.2. The first-order valence-electron chi connectivity index (χ1n) is 7.21. The maximum Gasteiger partial charge on any atom is 0.316 e. The van der Waals surface area contributed by atoms with Gasteiger partial charge in [0, 0.05) is 43.8 Å². The van der Waals surface area contributed by atoms with Gasteiger partial charge in [-0.2, -0.15) is 5.10 Å². The summed E-state index contributed by atoms with van der Waals surface area (Å²) >= 11 is 0. The number of aliphatic hydroxyl groups is 1. The number of H-pyrrole nitrogens is 1. The highest BCUT2D eigenvalue weighted by molar-refractivity contribution is 5.92. The van der Waals surface area contributed by atoms with Crippen LogP contribution in [-0.2, 0) is 6.54 Å². The van der Waals surface area contributed by atoms with Crippen LogP contribution in [0.25, 0.3) is 0 Å². The molecule has 3 rings (SSSR count). The minimum absolute atomic E-state index is 0.277. The van der Waals surface area contributed by atoms with E-state index in [1.54, 1.807) is 18.5 Å². The molecular weight excluding hydrogens is 300 g/mol. The average molecular weight is 318 g/mol. The van der Waals surface area contributed by atoms with Crippen molar-refractivity contribution in [3.05, 3.63) is 35.9 Å². The number of aliphatic hydroxyl groups excluding tert-OH is 1. The second kappa shape index (κ2) is 6.71. The molecule has 0 unspecified atom stereocenters. The van der Waals surface area contributed by atoms with Crippen molar-refractivity contribution < 1.29 is 14.6 Å². The fraction of sp³-hybridized carbons (Fsp3) is 0.429. The summed E-state index contributed by atoms with van der Waals surface area (Å²) in [5, 5.41) is 19.3. The van der Waals surface area contributed by atoms with Crippen molar-refractivity contribution in [2.24, 2.45) is 0 Å². The molecule has 3 heterocycles. The van der Waals surface area contributed by atoms with Crippen LogP contribution in [0.4, 0.5) is 0 Å². The van der Waals surface area contributed by atoms with Crippen molar-refractivity contribution in [3.63, 3.8) is 0 Å². The van der Waals surface area contributed by atoms with E-state index in [1.807, 2.05) is 4.90 Å². The van der Waals surface area contributed by atoms with Gasteiger partial charge in [0.2, 0.25) is 0 Å². The number of carbonyl (C=O) groups excluding carboxylic acids is 1. The minimum atomic E-state index is -0.624. The quantitative estimate of drug-likeness (QED) is 0.660. The molecule has 1 fully saturated rings. The first kappa shape index (κ1) is 15.4. The maximum atomic E-state index is 12.0. The Morgan fingerprint density at radius 2 is 2.26 bits per heavy atom. The van der Waals surface area contributed by atoms with Gasteiger partial charge >= 0.3 is 6.01 Å². The summed E-state index contributed by atoms with van der Waals surface area (Å²) in [4.78, 5) is 22.1. The molecule has 0 saturated carbocycles. The summed E-state index contributed by atoms with van der Waals surface area (Å²) in [7, 11) is 1.51. The molecule has 122 valence electrons.